The summed E-state index contributed by atoms with van der Waals surface area (Å²) in [7, 11) is 0. The molecule has 0 aliphatic carbocycles. The molecule has 0 fully saturated rings. The summed E-state index contributed by atoms with van der Waals surface area (Å²) in [6, 6.07) is 41.2. The van der Waals surface area contributed by atoms with Gasteiger partial charge in [0.1, 0.15) is 0 Å². The predicted octanol–water partition coefficient (Wildman–Crippen LogP) is 11.1. The number of rotatable bonds is 6. The topological polar surface area (TPSA) is 25.2 Å². The maximum Gasteiger partial charge on any atom is 0.0721 e. The summed E-state index contributed by atoms with van der Waals surface area (Å²) in [6.45, 7) is 8.16. The smallest absolute Gasteiger partial charge is 0.0721 e. The fraction of sp³-hybridized carbons (Fsp3) is 0.128. The van der Waals surface area contributed by atoms with Crippen LogP contribution in [0, 0.1) is 0 Å². The summed E-state index contributed by atoms with van der Waals surface area (Å²) < 4.78 is 0. The molecule has 1 atom stereocenters. The summed E-state index contributed by atoms with van der Waals surface area (Å²) in [5.41, 5.74) is 8.19. The highest BCUT2D eigenvalue weighted by molar-refractivity contribution is 6.22. The number of allylic oxidation sites excluding steroid dienone is 2. The highest BCUT2D eigenvalue weighted by Crippen LogP contribution is 2.45. The first-order valence-electron chi connectivity index (χ1n) is 14.4. The van der Waals surface area contributed by atoms with Gasteiger partial charge in [0.2, 0.25) is 0 Å². The van der Waals surface area contributed by atoms with Gasteiger partial charge in [-0.15, -0.1) is 0 Å². The lowest BCUT2D eigenvalue weighted by Crippen LogP contribution is -1.95. The van der Waals surface area contributed by atoms with Crippen molar-refractivity contribution in [3.05, 3.63) is 139 Å². The zero-order valence-corrected chi connectivity index (χ0v) is 24.3. The van der Waals surface area contributed by atoms with Crippen LogP contribution < -0.4 is 0 Å². The fourth-order valence-electron chi connectivity index (χ4n) is 5.38. The average molecular weight is 533 g/mol. The first-order chi connectivity index (χ1) is 20.2. The number of nitrogens with zero attached hydrogens (tertiary/aromatic N) is 2. The summed E-state index contributed by atoms with van der Waals surface area (Å²) in [5, 5.41) is 4.93. The van der Waals surface area contributed by atoms with Gasteiger partial charge in [0.25, 0.3) is 0 Å². The Morgan fingerprint density at radius 1 is 0.610 bits per heavy atom. The zero-order chi connectivity index (χ0) is 28.6. The number of aliphatic imine (C=N–C) groups is 1. The second-order valence-corrected chi connectivity index (χ2v) is 9.76. The quantitative estimate of drug-likeness (QED) is 0.155. The minimum Gasteiger partial charge on any atom is -0.285 e. The molecule has 0 aliphatic rings. The first kappa shape index (κ1) is 27.7. The van der Waals surface area contributed by atoms with E-state index in [1.807, 2.05) is 57.5 Å². The van der Waals surface area contributed by atoms with Gasteiger partial charge in [-0.05, 0) is 93.6 Å². The molecule has 1 aromatic heterocycles. The van der Waals surface area contributed by atoms with Crippen molar-refractivity contribution in [3.63, 3.8) is 0 Å². The Morgan fingerprint density at radius 3 is 1.78 bits per heavy atom. The van der Waals surface area contributed by atoms with Crippen LogP contribution in [0.4, 0.5) is 0 Å². The molecule has 6 rings (SSSR count). The monoisotopic (exact) mass is 532 g/mol. The van der Waals surface area contributed by atoms with Gasteiger partial charge in [0.15, 0.2) is 0 Å². The Bertz CT molecular complexity index is 1800. The van der Waals surface area contributed by atoms with E-state index in [0.29, 0.717) is 0 Å². The van der Waals surface area contributed by atoms with Crippen molar-refractivity contribution in [2.75, 3.05) is 0 Å². The minimum atomic E-state index is 0.0524. The molecule has 0 spiro atoms. The molecule has 1 unspecified atom stereocenters. The first-order valence-corrected chi connectivity index (χ1v) is 14.4. The Balaban J connectivity index is 0.00000165. The average Bonchev–Trinajstić information content (AvgIpc) is 3.05. The van der Waals surface area contributed by atoms with E-state index in [1.54, 1.807) is 0 Å². The van der Waals surface area contributed by atoms with E-state index in [0.717, 1.165) is 11.3 Å². The zero-order valence-electron chi connectivity index (χ0n) is 24.3. The van der Waals surface area contributed by atoms with E-state index in [9.17, 15) is 0 Å². The van der Waals surface area contributed by atoms with Crippen LogP contribution in [-0.4, -0.2) is 11.2 Å². The third kappa shape index (κ3) is 5.73. The van der Waals surface area contributed by atoms with Gasteiger partial charge in [-0.2, -0.15) is 0 Å². The van der Waals surface area contributed by atoms with Crippen LogP contribution >= 0.6 is 0 Å². The lowest BCUT2D eigenvalue weighted by atomic mass is 9.84. The van der Waals surface area contributed by atoms with Crippen molar-refractivity contribution < 1.29 is 0 Å². The van der Waals surface area contributed by atoms with Gasteiger partial charge >= 0.3 is 0 Å². The van der Waals surface area contributed by atoms with Crippen molar-refractivity contribution in [1.82, 2.24) is 4.98 Å². The molecule has 0 N–H and O–H groups in total. The van der Waals surface area contributed by atoms with E-state index in [1.165, 1.54) is 49.4 Å². The number of pyridine rings is 1. The normalized spacial score (nSPS) is 12.1. The largest absolute Gasteiger partial charge is 0.285 e. The standard InChI is InChI=1S/C37H30N2.C2H6/c1-3-4-22-38-26(2)29-18-20-31-33(24-29)36(27-13-7-5-8-14-27)32-21-19-30(35-17-11-12-23-39-35)25-34(32)37(31)28-15-9-6-10-16-28;1-2/h3-26H,1-2H3;1-2H3/b4-3-,38-22?;. The van der Waals surface area contributed by atoms with Crippen molar-refractivity contribution >= 4 is 27.8 Å². The van der Waals surface area contributed by atoms with E-state index in [-0.39, 0.29) is 6.04 Å². The predicted molar refractivity (Wildman–Crippen MR) is 179 cm³/mol. The van der Waals surface area contributed by atoms with E-state index in [2.05, 4.69) is 115 Å². The molecule has 0 aliphatic heterocycles. The number of aromatic nitrogens is 1. The number of fused-ring (bicyclic) bond motifs is 2. The highest BCUT2D eigenvalue weighted by Gasteiger charge is 2.18. The maximum absolute atomic E-state index is 4.76. The van der Waals surface area contributed by atoms with Crippen molar-refractivity contribution in [1.29, 1.82) is 0 Å². The van der Waals surface area contributed by atoms with E-state index < -0.39 is 0 Å². The molecular formula is C39H36N2. The van der Waals surface area contributed by atoms with Gasteiger partial charge in [0.05, 0.1) is 11.7 Å². The van der Waals surface area contributed by atoms with Crippen molar-refractivity contribution in [3.8, 4) is 33.5 Å². The van der Waals surface area contributed by atoms with Crippen LogP contribution in [-0.2, 0) is 0 Å². The number of hydrogen-bond acceptors (Lipinski definition) is 2. The van der Waals surface area contributed by atoms with Crippen LogP contribution in [0.5, 0.6) is 0 Å². The summed E-state index contributed by atoms with van der Waals surface area (Å²) in [6.07, 6.45) is 7.73. The fourth-order valence-corrected chi connectivity index (χ4v) is 5.38. The molecule has 6 aromatic rings. The lowest BCUT2D eigenvalue weighted by molar-refractivity contribution is 0.827. The van der Waals surface area contributed by atoms with Gasteiger partial charge in [-0.1, -0.05) is 111 Å². The molecule has 0 saturated heterocycles. The van der Waals surface area contributed by atoms with Crippen molar-refractivity contribution in [2.45, 2.75) is 33.7 Å². The number of benzene rings is 5. The maximum atomic E-state index is 4.76. The molecular weight excluding hydrogens is 496 g/mol. The van der Waals surface area contributed by atoms with Gasteiger partial charge in [0, 0.05) is 18.0 Å². The molecule has 5 aromatic carbocycles. The lowest BCUT2D eigenvalue weighted by Gasteiger charge is -2.20. The van der Waals surface area contributed by atoms with Crippen LogP contribution in [0.2, 0.25) is 0 Å². The molecule has 202 valence electrons. The highest BCUT2D eigenvalue weighted by atomic mass is 14.7. The molecule has 41 heavy (non-hydrogen) atoms. The Hall–Kier alpha value is -4.82. The van der Waals surface area contributed by atoms with Gasteiger partial charge in [-0.25, -0.2) is 0 Å². The molecule has 1 heterocycles. The van der Waals surface area contributed by atoms with Crippen LogP contribution in [0.15, 0.2) is 139 Å². The molecule has 0 amide bonds. The van der Waals surface area contributed by atoms with E-state index in [4.69, 9.17) is 4.99 Å². The third-order valence-electron chi connectivity index (χ3n) is 7.30. The number of hydrogen-bond donors (Lipinski definition) is 0. The molecule has 2 nitrogen and oxygen atoms in total. The summed E-state index contributed by atoms with van der Waals surface area (Å²) in [4.78, 5) is 9.41. The second kappa shape index (κ2) is 13.0. The Morgan fingerprint density at radius 2 is 1.20 bits per heavy atom. The third-order valence-corrected chi connectivity index (χ3v) is 7.30. The molecule has 0 bridgehead atoms. The molecule has 0 radical (unpaired) electrons. The van der Waals surface area contributed by atoms with Crippen molar-refractivity contribution in [2.24, 2.45) is 4.99 Å². The van der Waals surface area contributed by atoms with Crippen LogP contribution in [0.1, 0.15) is 39.3 Å². The van der Waals surface area contributed by atoms with Crippen LogP contribution in [0.3, 0.4) is 0 Å². The second-order valence-electron chi connectivity index (χ2n) is 9.76. The summed E-state index contributed by atoms with van der Waals surface area (Å²) in [5.74, 6) is 0. The minimum absolute atomic E-state index is 0.0524. The van der Waals surface area contributed by atoms with Crippen LogP contribution in [0.25, 0.3) is 55.1 Å². The Labute approximate surface area is 243 Å². The van der Waals surface area contributed by atoms with E-state index >= 15 is 0 Å². The van der Waals surface area contributed by atoms with Gasteiger partial charge < -0.3 is 0 Å². The summed E-state index contributed by atoms with van der Waals surface area (Å²) >= 11 is 0. The van der Waals surface area contributed by atoms with Gasteiger partial charge in [-0.3, -0.25) is 9.98 Å². The SMILES string of the molecule is C/C=C\C=NC(C)c1ccc2c(-c3ccccc3)c3cc(-c4ccccn4)ccc3c(-c3ccccc3)c2c1.CC. The Kier molecular flexibility index (Phi) is 8.81. The molecule has 0 saturated carbocycles. The molecule has 2 heteroatoms.